The van der Waals surface area contributed by atoms with Gasteiger partial charge in [-0.3, -0.25) is 9.59 Å². The van der Waals surface area contributed by atoms with Gasteiger partial charge in [0, 0.05) is 23.5 Å². The Bertz CT molecular complexity index is 1570. The number of aryl methyl sites for hydroxylation is 2. The van der Waals surface area contributed by atoms with Crippen LogP contribution < -0.4 is 10.6 Å². The molecule has 4 heteroatoms. The van der Waals surface area contributed by atoms with E-state index in [2.05, 4.69) is 88.6 Å². The lowest BCUT2D eigenvalue weighted by atomic mass is 9.87. The second-order valence-corrected chi connectivity index (χ2v) is 13.4. The Kier molecular flexibility index (Phi) is 9.74. The zero-order valence-corrected chi connectivity index (χ0v) is 27.2. The lowest BCUT2D eigenvalue weighted by molar-refractivity contribution is -0.112. The molecule has 0 spiro atoms. The summed E-state index contributed by atoms with van der Waals surface area (Å²) < 4.78 is 0. The van der Waals surface area contributed by atoms with E-state index in [9.17, 15) is 9.59 Å². The molecule has 0 radical (unpaired) electrons. The predicted molar refractivity (Wildman–Crippen MR) is 187 cm³/mol. The van der Waals surface area contributed by atoms with Gasteiger partial charge in [0.05, 0.1) is 0 Å². The van der Waals surface area contributed by atoms with Crippen LogP contribution in [-0.2, 0) is 20.4 Å². The molecule has 0 aliphatic carbocycles. The maximum Gasteiger partial charge on any atom is 0.248 e. The number of carbonyl (C=O) groups is 2. The number of benzene rings is 4. The average Bonchev–Trinajstić information content (AvgIpc) is 2.96. The van der Waals surface area contributed by atoms with Crippen molar-refractivity contribution in [3.63, 3.8) is 0 Å². The third-order valence-corrected chi connectivity index (χ3v) is 7.71. The summed E-state index contributed by atoms with van der Waals surface area (Å²) in [6, 6.07) is 28.5. The van der Waals surface area contributed by atoms with Crippen LogP contribution in [0.2, 0.25) is 0 Å². The zero-order valence-electron chi connectivity index (χ0n) is 27.2. The first-order chi connectivity index (χ1) is 20.7. The van der Waals surface area contributed by atoms with E-state index in [1.165, 1.54) is 11.1 Å². The molecule has 4 nitrogen and oxygen atoms in total. The highest BCUT2D eigenvalue weighted by Gasteiger charge is 2.14. The fraction of sp³-hybridized carbons (Fsp3) is 0.250. The van der Waals surface area contributed by atoms with Gasteiger partial charge in [-0.2, -0.15) is 0 Å². The largest absolute Gasteiger partial charge is 0.322 e. The Hall–Kier alpha value is -4.70. The molecule has 226 valence electrons. The summed E-state index contributed by atoms with van der Waals surface area (Å²) in [7, 11) is 0. The molecule has 0 heterocycles. The van der Waals surface area contributed by atoms with Crippen LogP contribution in [0.4, 0.5) is 11.4 Å². The van der Waals surface area contributed by atoms with Crippen molar-refractivity contribution in [2.75, 3.05) is 10.6 Å². The topological polar surface area (TPSA) is 58.2 Å². The molecule has 4 aromatic carbocycles. The number of anilines is 2. The second-order valence-electron chi connectivity index (χ2n) is 13.4. The summed E-state index contributed by atoms with van der Waals surface area (Å²) in [6.07, 6.45) is 6.78. The zero-order chi connectivity index (χ0) is 32.1. The van der Waals surface area contributed by atoms with Gasteiger partial charge >= 0.3 is 0 Å². The second kappa shape index (κ2) is 13.3. The van der Waals surface area contributed by atoms with E-state index in [1.807, 2.05) is 74.5 Å². The molecule has 0 bridgehead atoms. The summed E-state index contributed by atoms with van der Waals surface area (Å²) in [5.74, 6) is -0.347. The molecule has 44 heavy (non-hydrogen) atoms. The standard InChI is InChI=1S/C40H44N2O2/c1-27-25-31(15-21-35(27)41-37(43)23-13-29-9-17-33(18-10-29)39(3,4)5)32-16-22-36(28(2)26-32)42-38(44)24-14-30-11-19-34(20-12-30)40(6,7)8/h9-26H,1-8H3,(H,41,43)(H,42,44)/b23-13+,24-14+. The normalized spacial score (nSPS) is 12.1. The van der Waals surface area contributed by atoms with E-state index in [1.54, 1.807) is 12.2 Å². The van der Waals surface area contributed by atoms with E-state index in [4.69, 9.17) is 0 Å². The summed E-state index contributed by atoms with van der Waals surface area (Å²) in [6.45, 7) is 17.1. The van der Waals surface area contributed by atoms with Crippen molar-refractivity contribution < 1.29 is 9.59 Å². The molecule has 0 atom stereocenters. The summed E-state index contributed by atoms with van der Waals surface area (Å²) in [5.41, 5.74) is 10.2. The van der Waals surface area contributed by atoms with Gasteiger partial charge in [0.15, 0.2) is 0 Å². The first kappa shape index (κ1) is 32.2. The fourth-order valence-electron chi connectivity index (χ4n) is 4.85. The van der Waals surface area contributed by atoms with Crippen LogP contribution >= 0.6 is 0 Å². The van der Waals surface area contributed by atoms with Crippen molar-refractivity contribution in [1.29, 1.82) is 0 Å². The Labute approximate surface area is 262 Å². The van der Waals surface area contributed by atoms with Gasteiger partial charge < -0.3 is 10.6 Å². The first-order valence-electron chi connectivity index (χ1n) is 15.1. The van der Waals surface area contributed by atoms with Gasteiger partial charge in [-0.15, -0.1) is 0 Å². The van der Waals surface area contributed by atoms with E-state index in [0.717, 1.165) is 44.8 Å². The van der Waals surface area contributed by atoms with Crippen molar-refractivity contribution in [2.24, 2.45) is 0 Å². The molecule has 2 N–H and O–H groups in total. The van der Waals surface area contributed by atoms with Crippen LogP contribution in [0, 0.1) is 13.8 Å². The van der Waals surface area contributed by atoms with Crippen LogP contribution in [0.25, 0.3) is 23.3 Å². The van der Waals surface area contributed by atoms with Crippen molar-refractivity contribution in [3.8, 4) is 11.1 Å². The number of amides is 2. The summed E-state index contributed by atoms with van der Waals surface area (Å²) >= 11 is 0. The molecule has 0 saturated heterocycles. The third kappa shape index (κ3) is 8.67. The molecule has 0 saturated carbocycles. The lowest BCUT2D eigenvalue weighted by Crippen LogP contribution is -2.10. The fourth-order valence-corrected chi connectivity index (χ4v) is 4.85. The Morgan fingerprint density at radius 2 is 0.864 bits per heavy atom. The van der Waals surface area contributed by atoms with Gasteiger partial charge in [0.1, 0.15) is 0 Å². The van der Waals surface area contributed by atoms with Crippen molar-refractivity contribution >= 4 is 35.3 Å². The molecule has 0 aliphatic heterocycles. The van der Waals surface area contributed by atoms with E-state index < -0.39 is 0 Å². The molecular formula is C40H44N2O2. The average molecular weight is 585 g/mol. The number of rotatable bonds is 7. The molecule has 0 unspecified atom stereocenters. The number of nitrogens with one attached hydrogen (secondary N) is 2. The van der Waals surface area contributed by atoms with Crippen LogP contribution in [0.1, 0.15) is 74.9 Å². The Morgan fingerprint density at radius 3 is 1.16 bits per heavy atom. The highest BCUT2D eigenvalue weighted by atomic mass is 16.2. The molecule has 2 amide bonds. The molecule has 4 rings (SSSR count). The minimum absolute atomic E-state index is 0.0949. The maximum absolute atomic E-state index is 12.6. The lowest BCUT2D eigenvalue weighted by Gasteiger charge is -2.18. The smallest absolute Gasteiger partial charge is 0.248 e. The van der Waals surface area contributed by atoms with Crippen LogP contribution in [0.3, 0.4) is 0 Å². The monoisotopic (exact) mass is 584 g/mol. The van der Waals surface area contributed by atoms with E-state index in [0.29, 0.717) is 0 Å². The Balaban J connectivity index is 1.36. The van der Waals surface area contributed by atoms with Gasteiger partial charge in [0.25, 0.3) is 0 Å². The van der Waals surface area contributed by atoms with Crippen molar-refractivity contribution in [1.82, 2.24) is 0 Å². The highest BCUT2D eigenvalue weighted by molar-refractivity contribution is 6.03. The maximum atomic E-state index is 12.6. The predicted octanol–water partition coefficient (Wildman–Crippen LogP) is 9.87. The van der Waals surface area contributed by atoms with Crippen LogP contribution in [-0.4, -0.2) is 11.8 Å². The van der Waals surface area contributed by atoms with Gasteiger partial charge in [-0.25, -0.2) is 0 Å². The molecule has 0 fully saturated rings. The Morgan fingerprint density at radius 1 is 0.523 bits per heavy atom. The van der Waals surface area contributed by atoms with E-state index in [-0.39, 0.29) is 22.6 Å². The number of hydrogen-bond acceptors (Lipinski definition) is 2. The number of carbonyl (C=O) groups excluding carboxylic acids is 2. The van der Waals surface area contributed by atoms with Gasteiger partial charge in [-0.1, -0.05) is 102 Å². The first-order valence-corrected chi connectivity index (χ1v) is 15.1. The van der Waals surface area contributed by atoms with Gasteiger partial charge in [0.2, 0.25) is 11.8 Å². The van der Waals surface area contributed by atoms with Gasteiger partial charge in [-0.05, 0) is 106 Å². The summed E-state index contributed by atoms with van der Waals surface area (Å²) in [4.78, 5) is 25.3. The highest BCUT2D eigenvalue weighted by Crippen LogP contribution is 2.29. The molecule has 0 aliphatic rings. The molecule has 4 aromatic rings. The van der Waals surface area contributed by atoms with Crippen molar-refractivity contribution in [2.45, 2.75) is 66.2 Å². The van der Waals surface area contributed by atoms with E-state index >= 15 is 0 Å². The minimum Gasteiger partial charge on any atom is -0.322 e. The number of hydrogen-bond donors (Lipinski definition) is 2. The quantitative estimate of drug-likeness (QED) is 0.212. The third-order valence-electron chi connectivity index (χ3n) is 7.71. The van der Waals surface area contributed by atoms with Crippen LogP contribution in [0.5, 0.6) is 0 Å². The SMILES string of the molecule is Cc1cc(-c2ccc(NC(=O)/C=C/c3ccc(C(C)(C)C)cc3)c(C)c2)ccc1NC(=O)/C=C/c1ccc(C(C)(C)C)cc1. The minimum atomic E-state index is -0.173. The molecule has 0 aromatic heterocycles. The van der Waals surface area contributed by atoms with Crippen molar-refractivity contribution in [3.05, 3.63) is 130 Å². The molecular weight excluding hydrogens is 540 g/mol. The summed E-state index contributed by atoms with van der Waals surface area (Å²) in [5, 5.41) is 5.98. The van der Waals surface area contributed by atoms with Crippen LogP contribution in [0.15, 0.2) is 97.1 Å².